The van der Waals surface area contributed by atoms with Crippen molar-refractivity contribution in [1.29, 1.82) is 0 Å². The minimum atomic E-state index is -1.15. The number of carbonyl (C=O) groups excluding carboxylic acids is 1. The Morgan fingerprint density at radius 2 is 1.81 bits per heavy atom. The van der Waals surface area contributed by atoms with Crippen LogP contribution in [0, 0.1) is 13.8 Å². The third-order valence-electron chi connectivity index (χ3n) is 4.45. The van der Waals surface area contributed by atoms with Crippen molar-refractivity contribution in [3.63, 3.8) is 0 Å². The van der Waals surface area contributed by atoms with Crippen molar-refractivity contribution in [3.8, 4) is 0 Å². The predicted octanol–water partition coefficient (Wildman–Crippen LogP) is 5.72. The molecule has 0 atom stereocenters. The first-order chi connectivity index (χ1) is 12.7. The Labute approximate surface area is 172 Å². The van der Waals surface area contributed by atoms with Crippen LogP contribution in [0.25, 0.3) is 11.0 Å². The van der Waals surface area contributed by atoms with Gasteiger partial charge in [0.15, 0.2) is 5.82 Å². The molecule has 0 spiro atoms. The highest BCUT2D eigenvalue weighted by molar-refractivity contribution is 8.21. The summed E-state index contributed by atoms with van der Waals surface area (Å²) in [5, 5.41) is 0. The molecule has 0 saturated carbocycles. The molecule has 0 aliphatic heterocycles. The average molecular weight is 423 g/mol. The van der Waals surface area contributed by atoms with Gasteiger partial charge in [-0.05, 0) is 55.7 Å². The molecule has 27 heavy (non-hydrogen) atoms. The molecule has 0 aliphatic rings. The minimum absolute atomic E-state index is 0.0750. The zero-order valence-corrected chi connectivity index (χ0v) is 20.0. The molecule has 2 aromatic rings. The number of nitrogens with zero attached hydrogens (tertiary/aromatic N) is 2. The van der Waals surface area contributed by atoms with E-state index in [2.05, 4.69) is 44.5 Å². The molecule has 0 saturated heterocycles. The molecule has 1 aromatic carbocycles. The summed E-state index contributed by atoms with van der Waals surface area (Å²) in [5.41, 5.74) is 4.17. The van der Waals surface area contributed by atoms with Crippen molar-refractivity contribution >= 4 is 48.4 Å². The Kier molecular flexibility index (Phi) is 7.80. The number of hydrogen-bond donors (Lipinski definition) is 0. The lowest BCUT2D eigenvalue weighted by Crippen LogP contribution is -2.22. The molecule has 0 bridgehead atoms. The van der Waals surface area contributed by atoms with Crippen LogP contribution in [-0.4, -0.2) is 42.5 Å². The minimum Gasteiger partial charge on any atom is -0.361 e. The lowest BCUT2D eigenvalue weighted by molar-refractivity contribution is 0.0837. The van der Waals surface area contributed by atoms with Gasteiger partial charge in [0.05, 0.1) is 11.0 Å². The molecule has 0 N–H and O–H groups in total. The number of rotatable bonds is 9. The molecule has 2 rings (SSSR count). The van der Waals surface area contributed by atoms with Gasteiger partial charge in [0.2, 0.25) is 5.78 Å². The second kappa shape index (κ2) is 9.45. The van der Waals surface area contributed by atoms with Crippen LogP contribution in [-0.2, 0) is 11.5 Å². The number of hydrogen-bond acceptors (Lipinski definition) is 5. The van der Waals surface area contributed by atoms with E-state index in [-0.39, 0.29) is 5.78 Å². The lowest BCUT2D eigenvalue weighted by atomic mass is 10.1. The van der Waals surface area contributed by atoms with E-state index < -0.39 is 8.07 Å². The summed E-state index contributed by atoms with van der Waals surface area (Å²) in [6.07, 6.45) is 5.63. The van der Waals surface area contributed by atoms with Gasteiger partial charge in [0, 0.05) is 25.0 Å². The summed E-state index contributed by atoms with van der Waals surface area (Å²) in [6.45, 7) is 12.2. The van der Waals surface area contributed by atoms with E-state index in [0.29, 0.717) is 19.2 Å². The van der Waals surface area contributed by atoms with Crippen molar-refractivity contribution in [1.82, 2.24) is 9.55 Å². The summed E-state index contributed by atoms with van der Waals surface area (Å²) in [6, 6.07) is 5.25. The zero-order chi connectivity index (χ0) is 20.2. The fourth-order valence-corrected chi connectivity index (χ4v) is 4.48. The Hall–Kier alpha value is -1.02. The number of ketones is 1. The summed E-state index contributed by atoms with van der Waals surface area (Å²) in [7, 11) is -1.15. The van der Waals surface area contributed by atoms with E-state index in [1.807, 2.05) is 23.1 Å². The Bertz CT molecular complexity index is 848. The van der Waals surface area contributed by atoms with Crippen molar-refractivity contribution < 1.29 is 9.53 Å². The maximum absolute atomic E-state index is 12.9. The zero-order valence-electron chi connectivity index (χ0n) is 17.4. The van der Waals surface area contributed by atoms with Crippen LogP contribution in [0.2, 0.25) is 25.7 Å². The maximum Gasteiger partial charge on any atom is 0.223 e. The third-order valence-corrected chi connectivity index (χ3v) is 8.20. The fourth-order valence-electron chi connectivity index (χ4n) is 2.61. The van der Waals surface area contributed by atoms with Gasteiger partial charge in [-0.1, -0.05) is 19.6 Å². The Balaban J connectivity index is 2.39. The molecule has 1 aromatic heterocycles. The first-order valence-corrected chi connectivity index (χ1v) is 15.2. The molecular weight excluding hydrogens is 392 g/mol. The van der Waals surface area contributed by atoms with Crippen LogP contribution in [0.15, 0.2) is 22.4 Å². The van der Waals surface area contributed by atoms with E-state index in [0.717, 1.165) is 21.3 Å². The molecule has 148 valence electrons. The van der Waals surface area contributed by atoms with Gasteiger partial charge < -0.3 is 4.74 Å². The van der Waals surface area contributed by atoms with E-state index in [1.54, 1.807) is 29.6 Å². The van der Waals surface area contributed by atoms with Crippen LogP contribution in [0.4, 0.5) is 0 Å². The lowest BCUT2D eigenvalue weighted by Gasteiger charge is -2.16. The number of allylic oxidation sites excluding steroid dienone is 1. The summed E-state index contributed by atoms with van der Waals surface area (Å²) in [4.78, 5) is 17.5. The number of imidazole rings is 1. The fraction of sp³-hybridized carbons (Fsp3) is 0.500. The maximum atomic E-state index is 12.9. The monoisotopic (exact) mass is 422 g/mol. The highest BCUT2D eigenvalue weighted by Gasteiger charge is 2.18. The molecule has 0 aliphatic carbocycles. The number of aromatic nitrogens is 2. The van der Waals surface area contributed by atoms with Crippen LogP contribution in [0.5, 0.6) is 0 Å². The van der Waals surface area contributed by atoms with Crippen molar-refractivity contribution in [2.75, 3.05) is 19.1 Å². The van der Waals surface area contributed by atoms with Crippen molar-refractivity contribution in [3.05, 3.63) is 39.4 Å². The second-order valence-electron chi connectivity index (χ2n) is 7.87. The van der Waals surface area contributed by atoms with Gasteiger partial charge in [0.25, 0.3) is 0 Å². The normalized spacial score (nSPS) is 11.8. The predicted molar refractivity (Wildman–Crippen MR) is 123 cm³/mol. The van der Waals surface area contributed by atoms with Gasteiger partial charge in [-0.15, -0.1) is 23.5 Å². The molecule has 0 unspecified atom stereocenters. The number of carbonyl (C=O) groups is 1. The van der Waals surface area contributed by atoms with E-state index in [1.165, 1.54) is 11.1 Å². The van der Waals surface area contributed by atoms with Gasteiger partial charge in [-0.2, -0.15) is 0 Å². The summed E-state index contributed by atoms with van der Waals surface area (Å²) in [5.74, 6) is 0.373. The van der Waals surface area contributed by atoms with E-state index >= 15 is 0 Å². The van der Waals surface area contributed by atoms with Gasteiger partial charge >= 0.3 is 0 Å². The number of thioether (sulfide) groups is 2. The first kappa shape index (κ1) is 22.3. The molecule has 0 amide bonds. The highest BCUT2D eigenvalue weighted by atomic mass is 32.2. The molecule has 1 heterocycles. The first-order valence-electron chi connectivity index (χ1n) is 9.05. The Morgan fingerprint density at radius 1 is 1.19 bits per heavy atom. The van der Waals surface area contributed by atoms with Crippen LogP contribution in [0.3, 0.4) is 0 Å². The molecule has 0 fully saturated rings. The van der Waals surface area contributed by atoms with Gasteiger partial charge in [-0.3, -0.25) is 9.36 Å². The number of fused-ring (bicyclic) bond motifs is 1. The Morgan fingerprint density at radius 3 is 2.41 bits per heavy atom. The summed E-state index contributed by atoms with van der Waals surface area (Å²) >= 11 is 3.15. The topological polar surface area (TPSA) is 44.1 Å². The standard InChI is InChI=1S/C20H30N2O2S2Si/c1-14-10-16-17(11-15(14)2)22(13-24-8-9-27(5,6)7)20(21-16)18(23)12-19(25-3)26-4/h10-12H,8-9,13H2,1-7H3. The quantitative estimate of drug-likeness (QED) is 0.224. The van der Waals surface area contributed by atoms with E-state index in [9.17, 15) is 4.79 Å². The van der Waals surface area contributed by atoms with E-state index in [4.69, 9.17) is 4.74 Å². The van der Waals surface area contributed by atoms with Crippen LogP contribution in [0.1, 0.15) is 21.7 Å². The average Bonchev–Trinajstić information content (AvgIpc) is 2.93. The highest BCUT2D eigenvalue weighted by Crippen LogP contribution is 2.26. The van der Waals surface area contributed by atoms with Crippen molar-refractivity contribution in [2.24, 2.45) is 0 Å². The molecule has 4 nitrogen and oxygen atoms in total. The second-order valence-corrected chi connectivity index (χ2v) is 15.4. The molecule has 0 radical (unpaired) electrons. The smallest absolute Gasteiger partial charge is 0.223 e. The molecule has 7 heteroatoms. The van der Waals surface area contributed by atoms with Crippen LogP contribution >= 0.6 is 23.5 Å². The van der Waals surface area contributed by atoms with Gasteiger partial charge in [0.1, 0.15) is 6.73 Å². The van der Waals surface area contributed by atoms with Gasteiger partial charge in [-0.25, -0.2) is 4.98 Å². The SMILES string of the molecule is CSC(=CC(=O)c1nc2cc(C)c(C)cc2n1COCC[Si](C)(C)C)SC. The van der Waals surface area contributed by atoms with Crippen molar-refractivity contribution in [2.45, 2.75) is 46.3 Å². The number of ether oxygens (including phenoxy) is 1. The number of benzene rings is 1. The number of aryl methyl sites for hydroxylation is 2. The van der Waals surface area contributed by atoms with Crippen LogP contribution < -0.4 is 0 Å². The summed E-state index contributed by atoms with van der Waals surface area (Å²) < 4.78 is 8.85. The molecular formula is C20H30N2O2S2Si. The third kappa shape index (κ3) is 5.98. The largest absolute Gasteiger partial charge is 0.361 e.